The molecule has 141 heavy (non-hydrogen) atoms. The number of furan rings is 6. The minimum atomic E-state index is 0.856. The van der Waals surface area contributed by atoms with Crippen molar-refractivity contribution in [3.8, 4) is 33.4 Å². The summed E-state index contributed by atoms with van der Waals surface area (Å²) in [6.07, 6.45) is 0. The van der Waals surface area contributed by atoms with Crippen LogP contribution in [0.25, 0.3) is 230 Å². The first-order valence-corrected chi connectivity index (χ1v) is 47.7. The molecule has 6 aromatic heterocycles. The van der Waals surface area contributed by atoms with Gasteiger partial charge in [-0.2, -0.15) is 0 Å². The lowest BCUT2D eigenvalue weighted by Crippen LogP contribution is -2.10. The third-order valence-corrected chi connectivity index (χ3v) is 28.3. The molecule has 0 fully saturated rings. The van der Waals surface area contributed by atoms with Gasteiger partial charge in [0.25, 0.3) is 0 Å². The van der Waals surface area contributed by atoms with Gasteiger partial charge in [0.2, 0.25) is 0 Å². The standard InChI is InChI=1S/3C44H27NO2/c1-2-10-35-28(8-1)9-7-13-36(35)31-17-16-30-25-32(19-18-29(30)24-31)45(33-20-22-39-37-11-3-5-14-41(37)46-43(39)26-33)34-21-23-40-38-12-4-6-15-42(38)47-44(40)27-34;1-2-8-29-23-30(14-13-28(29)7-1)31-15-16-33-25-34(18-17-32(33)24-31)45(35-19-21-39-37-9-3-5-11-41(37)46-43(39)26-35)36-20-22-40-38-10-4-6-12-42(38)47-44(40)27-36;1-2-10-28(11-3-1)29-18-21-33-30(24-29)25-40(35-13-5-4-12-34(33)35)45(31-19-22-38-36-14-6-8-16-41(36)46-43(38)26-31)32-20-23-39-37-15-7-9-17-42(37)47-44(39)27-32/h3*1-27H. The highest BCUT2D eigenvalue weighted by Crippen LogP contribution is 2.50. The third-order valence-electron chi connectivity index (χ3n) is 28.3. The van der Waals surface area contributed by atoms with Gasteiger partial charge in [-0.3, -0.25) is 0 Å². The number of hydrogen-bond donors (Lipinski definition) is 0. The van der Waals surface area contributed by atoms with E-state index < -0.39 is 0 Å². The summed E-state index contributed by atoms with van der Waals surface area (Å²) >= 11 is 0. The molecule has 0 aliphatic rings. The van der Waals surface area contributed by atoms with Crippen molar-refractivity contribution in [2.45, 2.75) is 0 Å². The average Bonchev–Trinajstić information content (AvgIpc) is 1.21. The van der Waals surface area contributed by atoms with Crippen LogP contribution in [0.3, 0.4) is 0 Å². The maximum atomic E-state index is 6.40. The highest BCUT2D eigenvalue weighted by molar-refractivity contribution is 6.18. The van der Waals surface area contributed by atoms with Crippen LogP contribution in [0.2, 0.25) is 0 Å². The van der Waals surface area contributed by atoms with Gasteiger partial charge >= 0.3 is 0 Å². The topological polar surface area (TPSA) is 88.6 Å². The zero-order valence-electron chi connectivity index (χ0n) is 76.1. The van der Waals surface area contributed by atoms with Crippen molar-refractivity contribution in [1.82, 2.24) is 0 Å². The first kappa shape index (κ1) is 80.5. The molecule has 0 aliphatic heterocycles. The molecule has 0 saturated carbocycles. The fourth-order valence-corrected chi connectivity index (χ4v) is 21.5. The molecule has 660 valence electrons. The lowest BCUT2D eigenvalue weighted by Gasteiger charge is -2.27. The quantitative estimate of drug-likeness (QED) is 0.111. The fraction of sp³-hybridized carbons (Fsp3) is 0. The van der Waals surface area contributed by atoms with E-state index in [-0.39, 0.29) is 0 Å². The summed E-state index contributed by atoms with van der Waals surface area (Å²) in [5, 5.41) is 27.9. The number of rotatable bonds is 12. The molecule has 0 spiro atoms. The van der Waals surface area contributed by atoms with Gasteiger partial charge in [-0.05, 0) is 256 Å². The first-order valence-electron chi connectivity index (χ1n) is 47.7. The highest BCUT2D eigenvalue weighted by Gasteiger charge is 2.26. The zero-order chi connectivity index (χ0) is 92.7. The molecule has 9 heteroatoms. The van der Waals surface area contributed by atoms with E-state index in [0.717, 1.165) is 183 Å². The van der Waals surface area contributed by atoms with Gasteiger partial charge in [0.05, 0.1) is 5.69 Å². The molecule has 24 aromatic carbocycles. The fourth-order valence-electron chi connectivity index (χ4n) is 21.5. The van der Waals surface area contributed by atoms with Crippen LogP contribution in [0.1, 0.15) is 0 Å². The van der Waals surface area contributed by atoms with Crippen molar-refractivity contribution < 1.29 is 26.5 Å². The van der Waals surface area contributed by atoms with E-state index in [4.69, 9.17) is 26.5 Å². The summed E-state index contributed by atoms with van der Waals surface area (Å²) in [6.45, 7) is 0. The molecule has 0 radical (unpaired) electrons. The molecule has 0 saturated heterocycles. The Labute approximate surface area is 807 Å². The van der Waals surface area contributed by atoms with Crippen molar-refractivity contribution >= 4 is 247 Å². The summed E-state index contributed by atoms with van der Waals surface area (Å²) in [5.41, 5.74) is 27.0. The van der Waals surface area contributed by atoms with E-state index in [1.807, 2.05) is 72.8 Å². The van der Waals surface area contributed by atoms with E-state index >= 15 is 0 Å². The molecule has 0 bridgehead atoms. The van der Waals surface area contributed by atoms with Gasteiger partial charge in [0.1, 0.15) is 67.0 Å². The molecule has 0 amide bonds. The lowest BCUT2D eigenvalue weighted by atomic mass is 9.95. The van der Waals surface area contributed by atoms with Gasteiger partial charge in [-0.1, -0.05) is 291 Å². The number of hydrogen-bond acceptors (Lipinski definition) is 9. The maximum Gasteiger partial charge on any atom is 0.137 e. The van der Waals surface area contributed by atoms with Gasteiger partial charge < -0.3 is 41.2 Å². The van der Waals surface area contributed by atoms with Crippen LogP contribution in [0.5, 0.6) is 0 Å². The molecule has 0 unspecified atom stereocenters. The number of anilines is 9. The van der Waals surface area contributed by atoms with Gasteiger partial charge in [-0.25, -0.2) is 0 Å². The van der Waals surface area contributed by atoms with Crippen molar-refractivity contribution in [1.29, 1.82) is 0 Å². The summed E-state index contributed by atoms with van der Waals surface area (Å²) < 4.78 is 38.1. The Morgan fingerprint density at radius 3 is 0.787 bits per heavy atom. The minimum Gasteiger partial charge on any atom is -0.456 e. The second kappa shape index (κ2) is 33.0. The summed E-state index contributed by atoms with van der Waals surface area (Å²) in [4.78, 5) is 6.92. The lowest BCUT2D eigenvalue weighted by molar-refractivity contribution is 0.668. The van der Waals surface area contributed by atoms with Crippen LogP contribution < -0.4 is 14.7 Å². The van der Waals surface area contributed by atoms with Crippen molar-refractivity contribution in [2.24, 2.45) is 0 Å². The van der Waals surface area contributed by atoms with E-state index in [1.165, 1.54) is 98.0 Å². The SMILES string of the molecule is c1ccc(-c2ccc3c(c2)cc(N(c2ccc4c(c2)oc2ccccc24)c2ccc4c(c2)oc2ccccc24)c2ccccc23)cc1.c1ccc2c(-c3ccc4cc(N(c5ccc6c(c5)oc5ccccc56)c5ccc6c(c5)oc5ccccc56)ccc4c3)cccc2c1.c1ccc2cc(-c3ccc4cc(N(c5ccc6c(c5)oc5ccccc56)c5ccc6c(c5)oc5ccccc56)ccc4c3)ccc2c1. The molecule has 30 rings (SSSR count). The van der Waals surface area contributed by atoms with Crippen molar-refractivity contribution in [3.05, 3.63) is 491 Å². The van der Waals surface area contributed by atoms with Gasteiger partial charge in [-0.15, -0.1) is 0 Å². The molecular weight excluding hydrogens is 1720 g/mol. The predicted molar refractivity (Wildman–Crippen MR) is 588 cm³/mol. The molecule has 9 nitrogen and oxygen atoms in total. The van der Waals surface area contributed by atoms with Crippen LogP contribution in [-0.4, -0.2) is 0 Å². The van der Waals surface area contributed by atoms with Crippen LogP contribution in [0.15, 0.2) is 518 Å². The molecule has 0 N–H and O–H groups in total. The Morgan fingerprint density at radius 1 is 0.113 bits per heavy atom. The van der Waals surface area contributed by atoms with E-state index in [2.05, 4.69) is 433 Å². The average molecular weight is 1810 g/mol. The number of nitrogens with zero attached hydrogens (tertiary/aromatic N) is 3. The highest BCUT2D eigenvalue weighted by atomic mass is 16.3. The number of fused-ring (bicyclic) bond motifs is 25. The Morgan fingerprint density at radius 2 is 0.369 bits per heavy atom. The summed E-state index contributed by atoms with van der Waals surface area (Å²) in [7, 11) is 0. The Balaban J connectivity index is 0.000000104. The molecule has 6 heterocycles. The Hall–Kier alpha value is -19.0. The zero-order valence-corrected chi connectivity index (χ0v) is 76.1. The van der Waals surface area contributed by atoms with Crippen LogP contribution in [0.4, 0.5) is 51.2 Å². The van der Waals surface area contributed by atoms with Gasteiger partial charge in [0.15, 0.2) is 0 Å². The van der Waals surface area contributed by atoms with E-state index in [0.29, 0.717) is 0 Å². The minimum absolute atomic E-state index is 0.856. The van der Waals surface area contributed by atoms with Crippen molar-refractivity contribution in [3.63, 3.8) is 0 Å². The van der Waals surface area contributed by atoms with Crippen LogP contribution >= 0.6 is 0 Å². The maximum absolute atomic E-state index is 6.40. The predicted octanol–water partition coefficient (Wildman–Crippen LogP) is 38.8. The molecule has 30 aromatic rings. The second-order valence-electron chi connectivity index (χ2n) is 36.5. The largest absolute Gasteiger partial charge is 0.456 e. The molecular formula is C132H81N3O6. The summed E-state index contributed by atoms with van der Waals surface area (Å²) in [6, 6.07) is 174. The Bertz CT molecular complexity index is 9950. The normalized spacial score (nSPS) is 11.8. The number of benzene rings is 24. The smallest absolute Gasteiger partial charge is 0.137 e. The van der Waals surface area contributed by atoms with Crippen LogP contribution in [0, 0.1) is 0 Å². The van der Waals surface area contributed by atoms with Gasteiger partial charge in [0, 0.05) is 152 Å². The van der Waals surface area contributed by atoms with E-state index in [1.54, 1.807) is 0 Å². The van der Waals surface area contributed by atoms with Crippen molar-refractivity contribution in [2.75, 3.05) is 14.7 Å². The molecule has 0 aliphatic carbocycles. The van der Waals surface area contributed by atoms with E-state index in [9.17, 15) is 0 Å². The first-order chi connectivity index (χ1) is 69.8. The Kier molecular flexibility index (Phi) is 18.8. The second-order valence-corrected chi connectivity index (χ2v) is 36.5. The number of para-hydroxylation sites is 6. The monoisotopic (exact) mass is 1800 g/mol. The van der Waals surface area contributed by atoms with Crippen LogP contribution in [-0.2, 0) is 0 Å². The summed E-state index contributed by atoms with van der Waals surface area (Å²) in [5.74, 6) is 0. The molecule has 0 atom stereocenters. The third kappa shape index (κ3) is 14.0.